The first kappa shape index (κ1) is 13.8. The van der Waals surface area contributed by atoms with Crippen LogP contribution < -0.4 is 5.32 Å². The number of nitrogens with zero attached hydrogens (tertiary/aromatic N) is 2. The van der Waals surface area contributed by atoms with Gasteiger partial charge in [-0.15, -0.1) is 0 Å². The molecule has 0 atom stereocenters. The van der Waals surface area contributed by atoms with Crippen LogP contribution in [0, 0.1) is 0 Å². The largest absolute Gasteiger partial charge is 0.369 e. The van der Waals surface area contributed by atoms with Crippen LogP contribution in [-0.2, 0) is 5.75 Å². The smallest absolute Gasteiger partial charge is 0.144 e. The van der Waals surface area contributed by atoms with E-state index in [1.807, 2.05) is 18.0 Å². The van der Waals surface area contributed by atoms with E-state index in [1.165, 1.54) is 0 Å². The van der Waals surface area contributed by atoms with Gasteiger partial charge in [0, 0.05) is 12.7 Å². The molecule has 3 nitrogen and oxygen atoms in total. The van der Waals surface area contributed by atoms with E-state index in [0.717, 1.165) is 34.8 Å². The second-order valence-corrected chi connectivity index (χ2v) is 6.19. The highest BCUT2D eigenvalue weighted by Crippen LogP contribution is 2.21. The molecule has 0 saturated carbocycles. The van der Waals surface area contributed by atoms with Gasteiger partial charge in [0.1, 0.15) is 11.6 Å². The zero-order chi connectivity index (χ0) is 12.0. The first-order valence-corrected chi connectivity index (χ1v) is 7.34. The molecule has 0 aliphatic carbocycles. The van der Waals surface area contributed by atoms with E-state index in [4.69, 9.17) is 0 Å². The third-order valence-corrected chi connectivity index (χ3v) is 3.55. The van der Waals surface area contributed by atoms with Crippen LogP contribution in [0.1, 0.15) is 33.0 Å². The fraction of sp³-hybridized carbons (Fsp3) is 0.636. The van der Waals surface area contributed by atoms with Crippen LogP contribution in [0.15, 0.2) is 10.7 Å². The highest BCUT2D eigenvalue weighted by molar-refractivity contribution is 9.10. The lowest BCUT2D eigenvalue weighted by atomic mass is 10.4. The SMILES string of the molecule is CCCNc1nc(CSC(C)C)ncc1Br. The lowest BCUT2D eigenvalue weighted by Gasteiger charge is -2.08. The second-order valence-electron chi connectivity index (χ2n) is 3.77. The molecular weight excluding hydrogens is 286 g/mol. The summed E-state index contributed by atoms with van der Waals surface area (Å²) in [6.45, 7) is 7.43. The van der Waals surface area contributed by atoms with E-state index in [0.29, 0.717) is 5.25 Å². The van der Waals surface area contributed by atoms with Crippen LogP contribution in [0.5, 0.6) is 0 Å². The summed E-state index contributed by atoms with van der Waals surface area (Å²) in [5.41, 5.74) is 0. The molecule has 0 spiro atoms. The van der Waals surface area contributed by atoms with Crippen LogP contribution in [0.3, 0.4) is 0 Å². The number of nitrogens with one attached hydrogen (secondary N) is 1. The van der Waals surface area contributed by atoms with Crippen molar-refractivity contribution in [2.45, 2.75) is 38.2 Å². The zero-order valence-corrected chi connectivity index (χ0v) is 12.4. The number of rotatable bonds is 6. The molecule has 0 amide bonds. The maximum atomic E-state index is 4.49. The number of halogens is 1. The molecule has 0 aliphatic rings. The third-order valence-electron chi connectivity index (χ3n) is 1.88. The molecular formula is C11H18BrN3S. The average Bonchev–Trinajstić information content (AvgIpc) is 2.26. The normalized spacial score (nSPS) is 10.8. The average molecular weight is 304 g/mol. The van der Waals surface area contributed by atoms with Gasteiger partial charge in [-0.3, -0.25) is 0 Å². The summed E-state index contributed by atoms with van der Waals surface area (Å²) < 4.78 is 0.930. The fourth-order valence-corrected chi connectivity index (χ4v) is 2.03. The Labute approximate surface area is 110 Å². The first-order chi connectivity index (χ1) is 7.63. The molecule has 0 aromatic carbocycles. The summed E-state index contributed by atoms with van der Waals surface area (Å²) in [6, 6.07) is 0. The summed E-state index contributed by atoms with van der Waals surface area (Å²) in [5.74, 6) is 2.66. The van der Waals surface area contributed by atoms with Gasteiger partial charge in [-0.05, 0) is 27.6 Å². The standard InChI is InChI=1S/C11H18BrN3S/c1-4-5-13-11-9(12)6-14-10(15-11)7-16-8(2)3/h6,8H,4-5,7H2,1-3H3,(H,13,14,15). The van der Waals surface area contributed by atoms with Crippen molar-refractivity contribution < 1.29 is 0 Å². The molecule has 1 aromatic rings. The molecule has 0 aliphatic heterocycles. The lowest BCUT2D eigenvalue weighted by molar-refractivity contribution is 0.945. The molecule has 1 rings (SSSR count). The van der Waals surface area contributed by atoms with E-state index in [9.17, 15) is 0 Å². The van der Waals surface area contributed by atoms with Crippen LogP contribution in [0.4, 0.5) is 5.82 Å². The highest BCUT2D eigenvalue weighted by atomic mass is 79.9. The number of anilines is 1. The monoisotopic (exact) mass is 303 g/mol. The predicted molar refractivity (Wildman–Crippen MR) is 74.9 cm³/mol. The van der Waals surface area contributed by atoms with Gasteiger partial charge in [0.25, 0.3) is 0 Å². The van der Waals surface area contributed by atoms with Crippen molar-refractivity contribution in [3.63, 3.8) is 0 Å². The molecule has 0 radical (unpaired) electrons. The summed E-state index contributed by atoms with van der Waals surface area (Å²) >= 11 is 5.30. The molecule has 0 unspecified atom stereocenters. The predicted octanol–water partition coefficient (Wildman–Crippen LogP) is 3.70. The van der Waals surface area contributed by atoms with Crippen molar-refractivity contribution in [3.05, 3.63) is 16.5 Å². The van der Waals surface area contributed by atoms with Crippen LogP contribution in [-0.4, -0.2) is 21.8 Å². The van der Waals surface area contributed by atoms with E-state index < -0.39 is 0 Å². The Kier molecular flexibility index (Phi) is 6.13. The molecule has 1 heterocycles. The van der Waals surface area contributed by atoms with Gasteiger partial charge in [0.15, 0.2) is 0 Å². The second kappa shape index (κ2) is 7.12. The van der Waals surface area contributed by atoms with Gasteiger partial charge >= 0.3 is 0 Å². The number of aromatic nitrogens is 2. The van der Waals surface area contributed by atoms with Crippen molar-refractivity contribution in [2.75, 3.05) is 11.9 Å². The van der Waals surface area contributed by atoms with Crippen LogP contribution >= 0.6 is 27.7 Å². The van der Waals surface area contributed by atoms with E-state index >= 15 is 0 Å². The zero-order valence-electron chi connectivity index (χ0n) is 9.96. The first-order valence-electron chi connectivity index (χ1n) is 5.50. The molecule has 1 aromatic heterocycles. The maximum absolute atomic E-state index is 4.49. The Morgan fingerprint density at radius 1 is 1.50 bits per heavy atom. The minimum Gasteiger partial charge on any atom is -0.369 e. The third kappa shape index (κ3) is 4.70. The van der Waals surface area contributed by atoms with E-state index in [2.05, 4.69) is 52.0 Å². The van der Waals surface area contributed by atoms with E-state index in [1.54, 1.807) is 0 Å². The Bertz CT molecular complexity index is 331. The van der Waals surface area contributed by atoms with Crippen LogP contribution in [0.2, 0.25) is 0 Å². The summed E-state index contributed by atoms with van der Waals surface area (Å²) in [7, 11) is 0. The molecule has 0 saturated heterocycles. The minimum absolute atomic E-state index is 0.610. The molecule has 0 fully saturated rings. The highest BCUT2D eigenvalue weighted by Gasteiger charge is 2.05. The Morgan fingerprint density at radius 2 is 2.25 bits per heavy atom. The molecule has 0 bridgehead atoms. The summed E-state index contributed by atoms with van der Waals surface area (Å²) in [6.07, 6.45) is 2.91. The topological polar surface area (TPSA) is 37.8 Å². The summed E-state index contributed by atoms with van der Waals surface area (Å²) in [4.78, 5) is 8.79. The Balaban J connectivity index is 2.65. The van der Waals surface area contributed by atoms with Crippen molar-refractivity contribution in [2.24, 2.45) is 0 Å². The van der Waals surface area contributed by atoms with E-state index in [-0.39, 0.29) is 0 Å². The number of hydrogen-bond acceptors (Lipinski definition) is 4. The number of thioether (sulfide) groups is 1. The maximum Gasteiger partial charge on any atom is 0.144 e. The van der Waals surface area contributed by atoms with Gasteiger partial charge in [-0.1, -0.05) is 20.8 Å². The Hall–Kier alpha value is -0.290. The van der Waals surface area contributed by atoms with Crippen LogP contribution in [0.25, 0.3) is 0 Å². The van der Waals surface area contributed by atoms with Crippen molar-refractivity contribution in [1.29, 1.82) is 0 Å². The quantitative estimate of drug-likeness (QED) is 0.869. The molecule has 5 heteroatoms. The minimum atomic E-state index is 0.610. The molecule has 90 valence electrons. The van der Waals surface area contributed by atoms with Crippen molar-refractivity contribution in [1.82, 2.24) is 9.97 Å². The van der Waals surface area contributed by atoms with Crippen molar-refractivity contribution in [3.8, 4) is 0 Å². The van der Waals surface area contributed by atoms with Crippen molar-refractivity contribution >= 4 is 33.5 Å². The Morgan fingerprint density at radius 3 is 2.88 bits per heavy atom. The summed E-state index contributed by atoms with van der Waals surface area (Å²) in [5, 5.41) is 3.89. The lowest BCUT2D eigenvalue weighted by Crippen LogP contribution is -2.05. The van der Waals surface area contributed by atoms with Gasteiger partial charge in [-0.25, -0.2) is 9.97 Å². The van der Waals surface area contributed by atoms with Gasteiger partial charge in [0.05, 0.1) is 10.2 Å². The van der Waals surface area contributed by atoms with Gasteiger partial charge in [0.2, 0.25) is 0 Å². The van der Waals surface area contributed by atoms with Gasteiger partial charge in [-0.2, -0.15) is 11.8 Å². The molecule has 1 N–H and O–H groups in total. The number of hydrogen-bond donors (Lipinski definition) is 1. The van der Waals surface area contributed by atoms with Gasteiger partial charge < -0.3 is 5.32 Å². The fourth-order valence-electron chi connectivity index (χ4n) is 1.08. The molecule has 16 heavy (non-hydrogen) atoms.